The number of hydroxylamine groups is 1. The Morgan fingerprint density at radius 1 is 1.60 bits per heavy atom. The van der Waals surface area contributed by atoms with E-state index in [4.69, 9.17) is 5.73 Å². The SMILES string of the molecule is CCc1ccc2c(c1)N(O)C(=O)C(N)C2. The molecule has 0 aliphatic carbocycles. The molecule has 0 saturated carbocycles. The number of benzene rings is 1. The maximum Gasteiger partial charge on any atom is 0.267 e. The molecular formula is C11H14N2O2. The molecule has 4 heteroatoms. The minimum atomic E-state index is -0.630. The van der Waals surface area contributed by atoms with E-state index in [1.54, 1.807) is 0 Å². The second-order valence-electron chi connectivity index (χ2n) is 3.78. The van der Waals surface area contributed by atoms with Crippen molar-refractivity contribution in [1.82, 2.24) is 0 Å². The molecule has 1 aliphatic rings. The Hall–Kier alpha value is -1.39. The molecule has 0 radical (unpaired) electrons. The Balaban J connectivity index is 2.47. The summed E-state index contributed by atoms with van der Waals surface area (Å²) in [6.07, 6.45) is 1.37. The molecule has 0 bridgehead atoms. The van der Waals surface area contributed by atoms with Gasteiger partial charge in [0.2, 0.25) is 0 Å². The van der Waals surface area contributed by atoms with E-state index < -0.39 is 11.9 Å². The first-order chi connectivity index (χ1) is 7.13. The molecule has 2 rings (SSSR count). The van der Waals surface area contributed by atoms with E-state index in [2.05, 4.69) is 0 Å². The van der Waals surface area contributed by atoms with Crippen LogP contribution in [-0.4, -0.2) is 17.2 Å². The second-order valence-corrected chi connectivity index (χ2v) is 3.78. The molecule has 1 aromatic rings. The molecule has 1 amide bonds. The average molecular weight is 206 g/mol. The minimum absolute atomic E-state index is 0.434. The summed E-state index contributed by atoms with van der Waals surface area (Å²) in [6, 6.07) is 5.12. The molecule has 3 N–H and O–H groups in total. The summed E-state index contributed by atoms with van der Waals surface area (Å²) >= 11 is 0. The van der Waals surface area contributed by atoms with Gasteiger partial charge in [-0.05, 0) is 30.0 Å². The number of carbonyl (C=O) groups excluding carboxylic acids is 1. The van der Waals surface area contributed by atoms with Crippen LogP contribution in [0.1, 0.15) is 18.1 Å². The fraction of sp³-hybridized carbons (Fsp3) is 0.364. The molecular weight excluding hydrogens is 192 g/mol. The molecule has 80 valence electrons. The lowest BCUT2D eigenvalue weighted by molar-refractivity contribution is -0.125. The zero-order valence-electron chi connectivity index (χ0n) is 8.60. The Kier molecular flexibility index (Phi) is 2.46. The molecule has 0 aromatic heterocycles. The summed E-state index contributed by atoms with van der Waals surface area (Å²) in [6.45, 7) is 2.03. The zero-order chi connectivity index (χ0) is 11.0. The summed E-state index contributed by atoms with van der Waals surface area (Å²) in [7, 11) is 0. The van der Waals surface area contributed by atoms with Crippen LogP contribution in [0.15, 0.2) is 18.2 Å². The van der Waals surface area contributed by atoms with Crippen molar-refractivity contribution in [2.24, 2.45) is 5.73 Å². The van der Waals surface area contributed by atoms with E-state index in [0.29, 0.717) is 17.2 Å². The highest BCUT2D eigenvalue weighted by Gasteiger charge is 2.29. The smallest absolute Gasteiger partial charge is 0.267 e. The highest BCUT2D eigenvalue weighted by Crippen LogP contribution is 2.27. The molecule has 15 heavy (non-hydrogen) atoms. The van der Waals surface area contributed by atoms with Gasteiger partial charge < -0.3 is 5.73 Å². The highest BCUT2D eigenvalue weighted by molar-refractivity contribution is 5.98. The predicted molar refractivity (Wildman–Crippen MR) is 56.8 cm³/mol. The number of nitrogens with two attached hydrogens (primary N) is 1. The number of aryl methyl sites for hydroxylation is 1. The first-order valence-electron chi connectivity index (χ1n) is 5.03. The van der Waals surface area contributed by atoms with E-state index in [-0.39, 0.29) is 0 Å². The molecule has 0 spiro atoms. The van der Waals surface area contributed by atoms with Crippen molar-refractivity contribution in [3.05, 3.63) is 29.3 Å². The van der Waals surface area contributed by atoms with Crippen molar-refractivity contribution in [3.63, 3.8) is 0 Å². The van der Waals surface area contributed by atoms with Crippen molar-refractivity contribution >= 4 is 11.6 Å². The van der Waals surface area contributed by atoms with Crippen molar-refractivity contribution in [1.29, 1.82) is 0 Å². The number of rotatable bonds is 1. The Labute approximate surface area is 88.3 Å². The topological polar surface area (TPSA) is 66.6 Å². The third-order valence-corrected chi connectivity index (χ3v) is 2.75. The molecule has 1 unspecified atom stereocenters. The second kappa shape index (κ2) is 3.64. The third kappa shape index (κ3) is 1.62. The monoisotopic (exact) mass is 206 g/mol. The average Bonchev–Trinajstić information content (AvgIpc) is 2.26. The Bertz CT molecular complexity index is 404. The third-order valence-electron chi connectivity index (χ3n) is 2.75. The van der Waals surface area contributed by atoms with Crippen LogP contribution in [0.25, 0.3) is 0 Å². The van der Waals surface area contributed by atoms with E-state index in [0.717, 1.165) is 17.5 Å². The van der Waals surface area contributed by atoms with Crippen LogP contribution in [0.4, 0.5) is 5.69 Å². The van der Waals surface area contributed by atoms with Crippen LogP contribution in [-0.2, 0) is 17.6 Å². The number of nitrogens with zero attached hydrogens (tertiary/aromatic N) is 1. The minimum Gasteiger partial charge on any atom is -0.320 e. The summed E-state index contributed by atoms with van der Waals surface area (Å²) < 4.78 is 0. The molecule has 1 aliphatic heterocycles. The zero-order valence-corrected chi connectivity index (χ0v) is 8.60. The standard InChI is InChI=1S/C11H14N2O2/c1-2-7-3-4-8-6-9(12)11(14)13(15)10(8)5-7/h3-5,9,15H,2,6,12H2,1H3. The van der Waals surface area contributed by atoms with Gasteiger partial charge in [-0.15, -0.1) is 0 Å². The van der Waals surface area contributed by atoms with Gasteiger partial charge in [0.05, 0.1) is 11.7 Å². The predicted octanol–water partition coefficient (Wildman–Crippen LogP) is 0.855. The lowest BCUT2D eigenvalue weighted by atomic mass is 9.97. The first kappa shape index (κ1) is 10.1. The van der Waals surface area contributed by atoms with Gasteiger partial charge in [0.1, 0.15) is 0 Å². The van der Waals surface area contributed by atoms with Crippen LogP contribution in [0.2, 0.25) is 0 Å². The van der Waals surface area contributed by atoms with Gasteiger partial charge in [-0.25, -0.2) is 0 Å². The van der Waals surface area contributed by atoms with Gasteiger partial charge in [0, 0.05) is 0 Å². The van der Waals surface area contributed by atoms with Crippen LogP contribution in [0.3, 0.4) is 0 Å². The maximum atomic E-state index is 11.4. The summed E-state index contributed by atoms with van der Waals surface area (Å²) in [5, 5.41) is 10.3. The number of carbonyl (C=O) groups is 1. The maximum absolute atomic E-state index is 11.4. The van der Waals surface area contributed by atoms with Gasteiger partial charge in [0.15, 0.2) is 0 Å². The Morgan fingerprint density at radius 3 is 3.00 bits per heavy atom. The van der Waals surface area contributed by atoms with Crippen molar-refractivity contribution in [2.75, 3.05) is 5.06 Å². The van der Waals surface area contributed by atoms with E-state index in [1.807, 2.05) is 25.1 Å². The molecule has 0 saturated heterocycles. The van der Waals surface area contributed by atoms with Crippen molar-refractivity contribution in [2.45, 2.75) is 25.8 Å². The van der Waals surface area contributed by atoms with E-state index in [1.165, 1.54) is 0 Å². The number of amides is 1. The molecule has 0 fully saturated rings. The first-order valence-corrected chi connectivity index (χ1v) is 5.03. The van der Waals surface area contributed by atoms with Crippen LogP contribution < -0.4 is 10.8 Å². The van der Waals surface area contributed by atoms with Gasteiger partial charge in [0.25, 0.3) is 5.91 Å². The van der Waals surface area contributed by atoms with Gasteiger partial charge in [-0.1, -0.05) is 19.1 Å². The lowest BCUT2D eigenvalue weighted by Gasteiger charge is -2.27. The normalized spacial score (nSPS) is 20.3. The quantitative estimate of drug-likeness (QED) is 0.669. The van der Waals surface area contributed by atoms with Crippen LogP contribution in [0.5, 0.6) is 0 Å². The van der Waals surface area contributed by atoms with E-state index >= 15 is 0 Å². The number of anilines is 1. The van der Waals surface area contributed by atoms with Crippen molar-refractivity contribution < 1.29 is 10.0 Å². The molecule has 1 heterocycles. The molecule has 4 nitrogen and oxygen atoms in total. The number of hydrogen-bond acceptors (Lipinski definition) is 3. The van der Waals surface area contributed by atoms with Gasteiger partial charge >= 0.3 is 0 Å². The van der Waals surface area contributed by atoms with Crippen LogP contribution in [0, 0.1) is 0 Å². The summed E-state index contributed by atoms with van der Waals surface area (Å²) in [4.78, 5) is 11.4. The van der Waals surface area contributed by atoms with Crippen LogP contribution >= 0.6 is 0 Å². The largest absolute Gasteiger partial charge is 0.320 e. The molecule has 1 atom stereocenters. The summed E-state index contributed by atoms with van der Waals surface area (Å²) in [5.74, 6) is -0.434. The highest BCUT2D eigenvalue weighted by atomic mass is 16.5. The lowest BCUT2D eigenvalue weighted by Crippen LogP contribution is -2.47. The fourth-order valence-electron chi connectivity index (χ4n) is 1.80. The van der Waals surface area contributed by atoms with E-state index in [9.17, 15) is 10.0 Å². The molecule has 1 aromatic carbocycles. The van der Waals surface area contributed by atoms with Gasteiger partial charge in [-0.2, -0.15) is 5.06 Å². The summed E-state index contributed by atoms with van der Waals surface area (Å²) in [5.41, 5.74) is 8.19. The van der Waals surface area contributed by atoms with Gasteiger partial charge in [-0.3, -0.25) is 10.0 Å². The Morgan fingerprint density at radius 2 is 2.33 bits per heavy atom. The number of hydrogen-bond donors (Lipinski definition) is 2. The fourth-order valence-corrected chi connectivity index (χ4v) is 1.80. The number of fused-ring (bicyclic) bond motifs is 1. The van der Waals surface area contributed by atoms with Crippen molar-refractivity contribution in [3.8, 4) is 0 Å².